The quantitative estimate of drug-likeness (QED) is 0.598. The van der Waals surface area contributed by atoms with Crippen molar-refractivity contribution in [1.82, 2.24) is 4.57 Å². The van der Waals surface area contributed by atoms with Gasteiger partial charge < -0.3 is 9.30 Å². The number of carbonyl (C=O) groups excluding carboxylic acids is 1. The molecule has 1 heterocycles. The molecule has 0 saturated carbocycles. The summed E-state index contributed by atoms with van der Waals surface area (Å²) in [6, 6.07) is 10.1. The minimum Gasteiger partial charge on any atom is -0.463 e. The van der Waals surface area contributed by atoms with Crippen LogP contribution in [0.2, 0.25) is 0 Å². The van der Waals surface area contributed by atoms with Gasteiger partial charge in [-0.3, -0.25) is 0 Å². The second-order valence-corrected chi connectivity index (χ2v) is 3.78. The molecule has 88 valence electrons. The summed E-state index contributed by atoms with van der Waals surface area (Å²) < 4.78 is 6.87. The van der Waals surface area contributed by atoms with Gasteiger partial charge in [0.25, 0.3) is 0 Å². The minimum atomic E-state index is -0.303. The average Bonchev–Trinajstić information content (AvgIpc) is 2.72. The number of carbonyl (C=O) groups is 1. The Morgan fingerprint density at radius 2 is 2.12 bits per heavy atom. The lowest BCUT2D eigenvalue weighted by Crippen LogP contribution is -2.02. The summed E-state index contributed by atoms with van der Waals surface area (Å²) in [5.41, 5.74) is 1.94. The third-order valence-electron chi connectivity index (χ3n) is 2.59. The fourth-order valence-corrected chi connectivity index (χ4v) is 1.81. The van der Waals surface area contributed by atoms with E-state index in [1.54, 1.807) is 6.92 Å². The molecule has 0 aliphatic heterocycles. The zero-order chi connectivity index (χ0) is 12.3. The highest BCUT2D eigenvalue weighted by Gasteiger charge is 2.03. The largest absolute Gasteiger partial charge is 0.463 e. The summed E-state index contributed by atoms with van der Waals surface area (Å²) in [6.45, 7) is 4.09. The molecule has 3 heteroatoms. The van der Waals surface area contributed by atoms with Crippen molar-refractivity contribution in [3.05, 3.63) is 42.6 Å². The lowest BCUT2D eigenvalue weighted by Gasteiger charge is -2.05. The highest BCUT2D eigenvalue weighted by Crippen LogP contribution is 2.18. The van der Waals surface area contributed by atoms with Gasteiger partial charge in [-0.2, -0.15) is 0 Å². The summed E-state index contributed by atoms with van der Waals surface area (Å²) in [4.78, 5) is 11.4. The Hall–Kier alpha value is -2.03. The van der Waals surface area contributed by atoms with Crippen molar-refractivity contribution in [3.8, 4) is 0 Å². The van der Waals surface area contributed by atoms with E-state index < -0.39 is 0 Å². The summed E-state index contributed by atoms with van der Waals surface area (Å²) in [5, 5.41) is 1.16. The molecule has 17 heavy (non-hydrogen) atoms. The van der Waals surface area contributed by atoms with E-state index in [-0.39, 0.29) is 5.97 Å². The van der Waals surface area contributed by atoms with Crippen LogP contribution in [0.5, 0.6) is 0 Å². The van der Waals surface area contributed by atoms with E-state index in [9.17, 15) is 4.79 Å². The predicted octanol–water partition coefficient (Wildman–Crippen LogP) is 3.07. The van der Waals surface area contributed by atoms with Crippen LogP contribution < -0.4 is 0 Å². The van der Waals surface area contributed by atoms with Gasteiger partial charge in [0.2, 0.25) is 0 Å². The lowest BCUT2D eigenvalue weighted by atomic mass is 10.2. The van der Waals surface area contributed by atoms with E-state index >= 15 is 0 Å². The predicted molar refractivity (Wildman–Crippen MR) is 68.5 cm³/mol. The molecule has 0 unspecified atom stereocenters. The molecule has 0 amide bonds. The Balaban J connectivity index is 2.36. The minimum absolute atomic E-state index is 0.303. The van der Waals surface area contributed by atoms with E-state index in [1.807, 2.05) is 48.0 Å². The Morgan fingerprint density at radius 3 is 2.88 bits per heavy atom. The molecule has 0 fully saturated rings. The van der Waals surface area contributed by atoms with Crippen LogP contribution in [-0.4, -0.2) is 17.1 Å². The van der Waals surface area contributed by atoms with Gasteiger partial charge >= 0.3 is 5.97 Å². The SMILES string of the molecule is CCOC(=O)/C=C(/C)n1ccc2ccccc21. The number of ether oxygens (including phenoxy) is 1. The normalized spacial score (nSPS) is 11.8. The van der Waals surface area contributed by atoms with Crippen molar-refractivity contribution in [2.75, 3.05) is 6.61 Å². The van der Waals surface area contributed by atoms with Gasteiger partial charge in [-0.25, -0.2) is 4.79 Å². The van der Waals surface area contributed by atoms with Crippen molar-refractivity contribution in [2.24, 2.45) is 0 Å². The summed E-state index contributed by atoms with van der Waals surface area (Å²) >= 11 is 0. The van der Waals surface area contributed by atoms with Gasteiger partial charge in [-0.15, -0.1) is 0 Å². The Bertz CT molecular complexity index is 566. The first-order valence-electron chi connectivity index (χ1n) is 5.64. The van der Waals surface area contributed by atoms with Gasteiger partial charge in [0, 0.05) is 18.0 Å². The highest BCUT2D eigenvalue weighted by atomic mass is 16.5. The van der Waals surface area contributed by atoms with Crippen molar-refractivity contribution in [3.63, 3.8) is 0 Å². The van der Waals surface area contributed by atoms with E-state index in [0.717, 1.165) is 16.6 Å². The summed E-state index contributed by atoms with van der Waals surface area (Å²) in [5.74, 6) is -0.303. The molecule has 0 bridgehead atoms. The number of nitrogens with zero attached hydrogens (tertiary/aromatic N) is 1. The third-order valence-corrected chi connectivity index (χ3v) is 2.59. The standard InChI is InChI=1S/C14H15NO2/c1-3-17-14(16)10-11(2)15-9-8-12-6-4-5-7-13(12)15/h4-10H,3H2,1-2H3/b11-10-. The first-order valence-corrected chi connectivity index (χ1v) is 5.64. The fraction of sp³-hybridized carbons (Fsp3) is 0.214. The second-order valence-electron chi connectivity index (χ2n) is 3.78. The maximum atomic E-state index is 11.4. The lowest BCUT2D eigenvalue weighted by molar-refractivity contribution is -0.137. The van der Waals surface area contributed by atoms with Crippen LogP contribution in [0.25, 0.3) is 16.6 Å². The molecule has 0 spiro atoms. The average molecular weight is 229 g/mol. The number of allylic oxidation sites excluding steroid dienone is 1. The van der Waals surface area contributed by atoms with Crippen LogP contribution in [-0.2, 0) is 9.53 Å². The van der Waals surface area contributed by atoms with Crippen LogP contribution in [0, 0.1) is 0 Å². The summed E-state index contributed by atoms with van der Waals surface area (Å²) in [7, 11) is 0. The zero-order valence-corrected chi connectivity index (χ0v) is 10.0. The van der Waals surface area contributed by atoms with E-state index in [0.29, 0.717) is 6.61 Å². The third kappa shape index (κ3) is 2.38. The number of hydrogen-bond acceptors (Lipinski definition) is 2. The second kappa shape index (κ2) is 4.87. The van der Waals surface area contributed by atoms with Gasteiger partial charge in [-0.1, -0.05) is 18.2 Å². The van der Waals surface area contributed by atoms with Crippen molar-refractivity contribution < 1.29 is 9.53 Å². The number of fused-ring (bicyclic) bond motifs is 1. The number of benzene rings is 1. The Morgan fingerprint density at radius 1 is 1.35 bits per heavy atom. The van der Waals surface area contributed by atoms with Gasteiger partial charge in [0.05, 0.1) is 12.1 Å². The molecule has 3 nitrogen and oxygen atoms in total. The highest BCUT2D eigenvalue weighted by molar-refractivity contribution is 5.90. The molecule has 0 N–H and O–H groups in total. The molecule has 0 radical (unpaired) electrons. The van der Waals surface area contributed by atoms with Gasteiger partial charge in [-0.05, 0) is 31.4 Å². The van der Waals surface area contributed by atoms with E-state index in [4.69, 9.17) is 4.74 Å². The van der Waals surface area contributed by atoms with Crippen LogP contribution in [0.4, 0.5) is 0 Å². The molecule has 0 aliphatic carbocycles. The maximum Gasteiger partial charge on any atom is 0.332 e. The molecule has 2 aromatic rings. The molecule has 0 atom stereocenters. The molecule has 0 aliphatic rings. The van der Waals surface area contributed by atoms with Crippen molar-refractivity contribution in [1.29, 1.82) is 0 Å². The molecule has 1 aromatic heterocycles. The number of para-hydroxylation sites is 1. The number of esters is 1. The zero-order valence-electron chi connectivity index (χ0n) is 10.0. The van der Waals surface area contributed by atoms with Gasteiger partial charge in [0.1, 0.15) is 0 Å². The molecule has 1 aromatic carbocycles. The smallest absolute Gasteiger partial charge is 0.332 e. The van der Waals surface area contributed by atoms with Gasteiger partial charge in [0.15, 0.2) is 0 Å². The first kappa shape index (κ1) is 11.5. The number of rotatable bonds is 3. The maximum absolute atomic E-state index is 11.4. The van der Waals surface area contributed by atoms with Crippen molar-refractivity contribution >= 4 is 22.6 Å². The molecule has 0 saturated heterocycles. The van der Waals surface area contributed by atoms with Crippen molar-refractivity contribution in [2.45, 2.75) is 13.8 Å². The number of hydrogen-bond donors (Lipinski definition) is 0. The Kier molecular flexibility index (Phi) is 3.28. The number of aromatic nitrogens is 1. The monoisotopic (exact) mass is 229 g/mol. The van der Waals surface area contributed by atoms with Crippen LogP contribution in [0.15, 0.2) is 42.6 Å². The van der Waals surface area contributed by atoms with E-state index in [2.05, 4.69) is 0 Å². The van der Waals surface area contributed by atoms with E-state index in [1.165, 1.54) is 6.08 Å². The topological polar surface area (TPSA) is 31.2 Å². The molecular formula is C14H15NO2. The van der Waals surface area contributed by atoms with Crippen LogP contribution in [0.3, 0.4) is 0 Å². The Labute approximate surface area is 100 Å². The first-order chi connectivity index (χ1) is 8.22. The van der Waals surface area contributed by atoms with Crippen LogP contribution >= 0.6 is 0 Å². The molecule has 2 rings (SSSR count). The van der Waals surface area contributed by atoms with Crippen LogP contribution in [0.1, 0.15) is 13.8 Å². The summed E-state index contributed by atoms with van der Waals surface area (Å²) in [6.07, 6.45) is 3.46. The molecular weight excluding hydrogens is 214 g/mol. The fourth-order valence-electron chi connectivity index (χ4n) is 1.81.